The van der Waals surface area contributed by atoms with E-state index in [1.165, 1.54) is 0 Å². The minimum absolute atomic E-state index is 0.609. The van der Waals surface area contributed by atoms with Crippen LogP contribution in [0.15, 0.2) is 0 Å². The quantitative estimate of drug-likeness (QED) is 0.121. The molecule has 0 aromatic rings. The molecule has 2 aliphatic heterocycles. The van der Waals surface area contributed by atoms with Gasteiger partial charge in [-0.25, -0.2) is 0 Å². The lowest BCUT2D eigenvalue weighted by atomic mass is 9.98. The molecule has 16 nitrogen and oxygen atoms in total. The highest BCUT2D eigenvalue weighted by molar-refractivity contribution is 5.80. The lowest BCUT2D eigenvalue weighted by molar-refractivity contribution is -0.333. The lowest BCUT2D eigenvalue weighted by Crippen LogP contribution is -2.62. The third-order valence-corrected chi connectivity index (χ3v) is 5.86. The van der Waals surface area contributed by atoms with Gasteiger partial charge in [0, 0.05) is 0 Å². The van der Waals surface area contributed by atoms with E-state index in [9.17, 15) is 61.0 Å². The highest BCUT2D eigenvalue weighted by Crippen LogP contribution is 2.26. The molecule has 2 aliphatic rings. The van der Waals surface area contributed by atoms with Crippen molar-refractivity contribution in [2.75, 3.05) is 19.8 Å². The van der Waals surface area contributed by atoms with Gasteiger partial charge in [-0.1, -0.05) is 0 Å². The first-order chi connectivity index (χ1) is 16.3. The third-order valence-electron chi connectivity index (χ3n) is 5.86. The second kappa shape index (κ2) is 13.0. The van der Waals surface area contributed by atoms with E-state index >= 15 is 0 Å². The van der Waals surface area contributed by atoms with Crippen LogP contribution in [0.3, 0.4) is 0 Å². The van der Waals surface area contributed by atoms with Gasteiger partial charge >= 0.3 is 0 Å². The van der Waals surface area contributed by atoms with Crippen LogP contribution in [-0.4, -0.2) is 168 Å². The van der Waals surface area contributed by atoms with Gasteiger partial charge in [0.2, 0.25) is 0 Å². The van der Waals surface area contributed by atoms with Crippen LogP contribution >= 0.6 is 0 Å². The number of carbonyl (C=O) groups is 1. The Labute approximate surface area is 199 Å². The number of ketones is 1. The fourth-order valence-electron chi connectivity index (χ4n) is 3.53. The van der Waals surface area contributed by atoms with Crippen molar-refractivity contribution in [1.82, 2.24) is 0 Å². The maximum atomic E-state index is 11.1. The lowest BCUT2D eigenvalue weighted by Gasteiger charge is -2.42. The summed E-state index contributed by atoms with van der Waals surface area (Å²) in [7, 11) is 0. The molecule has 0 radical (unpaired) electrons. The smallest absolute Gasteiger partial charge is 0.186 e. The molecule has 0 saturated carbocycles. The van der Waals surface area contributed by atoms with Crippen LogP contribution < -0.4 is 0 Å². The number of hydrogen-bond donors (Lipinski definition) is 11. The van der Waals surface area contributed by atoms with Crippen molar-refractivity contribution in [3.05, 3.63) is 0 Å². The van der Waals surface area contributed by atoms with Gasteiger partial charge in [-0.3, -0.25) is 4.79 Å². The molecular weight excluding hydrogens is 484 g/mol. The number of ether oxygens (including phenoxy) is 4. The normalized spacial score (nSPS) is 41.7. The summed E-state index contributed by atoms with van der Waals surface area (Å²) in [5.41, 5.74) is 0. The van der Waals surface area contributed by atoms with E-state index in [-0.39, 0.29) is 0 Å². The summed E-state index contributed by atoms with van der Waals surface area (Å²) in [6, 6.07) is 0. The molecule has 35 heavy (non-hydrogen) atoms. The number of Topliss-reactive ketones (excluding diaryl/α,β-unsaturated/α-hetero) is 1. The van der Waals surface area contributed by atoms with E-state index in [1.54, 1.807) is 0 Å². The molecular formula is C19H34O16. The van der Waals surface area contributed by atoms with Crippen LogP contribution in [0.1, 0.15) is 6.92 Å². The maximum Gasteiger partial charge on any atom is 0.186 e. The van der Waals surface area contributed by atoms with E-state index in [1.807, 2.05) is 0 Å². The van der Waals surface area contributed by atoms with Crippen molar-refractivity contribution in [1.29, 1.82) is 0 Å². The molecule has 206 valence electrons. The van der Waals surface area contributed by atoms with Crippen LogP contribution in [0.4, 0.5) is 0 Å². The second-order valence-electron chi connectivity index (χ2n) is 8.48. The van der Waals surface area contributed by atoms with Gasteiger partial charge in [0.1, 0.15) is 73.2 Å². The van der Waals surface area contributed by atoms with E-state index in [4.69, 9.17) is 18.9 Å². The van der Waals surface area contributed by atoms with Gasteiger partial charge in [-0.05, 0) is 6.92 Å². The van der Waals surface area contributed by atoms with Crippen molar-refractivity contribution < 1.29 is 79.9 Å². The van der Waals surface area contributed by atoms with Crippen molar-refractivity contribution in [3.63, 3.8) is 0 Å². The maximum absolute atomic E-state index is 11.1. The Balaban J connectivity index is 1.96. The summed E-state index contributed by atoms with van der Waals surface area (Å²) in [5, 5.41) is 108. The zero-order valence-corrected chi connectivity index (χ0v) is 18.7. The molecule has 2 rings (SSSR count). The predicted molar refractivity (Wildman–Crippen MR) is 107 cm³/mol. The van der Waals surface area contributed by atoms with E-state index in [2.05, 4.69) is 0 Å². The first-order valence-corrected chi connectivity index (χ1v) is 10.8. The molecule has 0 amide bonds. The van der Waals surface area contributed by atoms with Gasteiger partial charge in [0.25, 0.3) is 0 Å². The number of aliphatic hydroxyl groups excluding tert-OH is 11. The zero-order chi connectivity index (χ0) is 26.6. The molecule has 2 fully saturated rings. The average molecular weight is 518 g/mol. The molecule has 0 aromatic heterocycles. The number of rotatable bonds is 11. The summed E-state index contributed by atoms with van der Waals surface area (Å²) in [4.78, 5) is 11.1. The molecule has 2 saturated heterocycles. The second-order valence-corrected chi connectivity index (χ2v) is 8.48. The van der Waals surface area contributed by atoms with Crippen LogP contribution in [0.5, 0.6) is 0 Å². The fraction of sp³-hybridized carbons (Fsp3) is 0.947. The number of aliphatic hydroxyl groups is 11. The van der Waals surface area contributed by atoms with Gasteiger partial charge in [-0.15, -0.1) is 0 Å². The molecule has 2 heterocycles. The number of hydrogen-bond acceptors (Lipinski definition) is 16. The summed E-state index contributed by atoms with van der Waals surface area (Å²) in [5.74, 6) is -0.866. The Morgan fingerprint density at radius 1 is 0.743 bits per heavy atom. The fourth-order valence-corrected chi connectivity index (χ4v) is 3.53. The van der Waals surface area contributed by atoms with Crippen LogP contribution in [-0.2, 0) is 23.7 Å². The Morgan fingerprint density at radius 3 is 1.74 bits per heavy atom. The molecule has 0 bridgehead atoms. The largest absolute Gasteiger partial charge is 0.394 e. The first-order valence-electron chi connectivity index (χ1n) is 10.8. The molecule has 14 atom stereocenters. The highest BCUT2D eigenvalue weighted by Gasteiger charge is 2.47. The predicted octanol–water partition coefficient (Wildman–Crippen LogP) is -7.34. The highest BCUT2D eigenvalue weighted by atomic mass is 16.7. The molecule has 0 unspecified atom stereocenters. The Bertz CT molecular complexity index is 665. The molecule has 11 N–H and O–H groups in total. The molecule has 0 aromatic carbocycles. The van der Waals surface area contributed by atoms with Crippen LogP contribution in [0.25, 0.3) is 0 Å². The zero-order valence-electron chi connectivity index (χ0n) is 18.7. The SMILES string of the molecule is CC(=O)[C@H](O)[C@@H](O)[C@H](O)[C@H](O)CO[C@H]1O[C@H](CO[C@H]2O[C@H](CO)[C@@H](O)[C@H](O)[C@H]2O)[C@@H](O)[C@H](O)[C@H]1O. The van der Waals surface area contributed by atoms with Gasteiger partial charge in [0.05, 0.1) is 19.8 Å². The van der Waals surface area contributed by atoms with Gasteiger partial charge < -0.3 is 75.1 Å². The summed E-state index contributed by atoms with van der Waals surface area (Å²) < 4.78 is 20.9. The van der Waals surface area contributed by atoms with E-state index < -0.39 is 111 Å². The third kappa shape index (κ3) is 7.10. The van der Waals surface area contributed by atoms with E-state index in [0.29, 0.717) is 0 Å². The van der Waals surface area contributed by atoms with Crippen molar-refractivity contribution >= 4 is 5.78 Å². The average Bonchev–Trinajstić information content (AvgIpc) is 2.84. The monoisotopic (exact) mass is 518 g/mol. The minimum atomic E-state index is -2.05. The molecule has 0 spiro atoms. The van der Waals surface area contributed by atoms with E-state index in [0.717, 1.165) is 6.92 Å². The van der Waals surface area contributed by atoms with Crippen molar-refractivity contribution in [2.24, 2.45) is 0 Å². The van der Waals surface area contributed by atoms with Crippen LogP contribution in [0.2, 0.25) is 0 Å². The Morgan fingerprint density at radius 2 is 1.23 bits per heavy atom. The standard InChI is InChI=1S/C19H34O16/c1-5(21)9(23)13(27)10(24)6(22)3-32-18-17(31)15(29)12(26)8(35-18)4-33-19-16(30)14(28)11(25)7(2-20)34-19/h6-20,22-31H,2-4H2,1H3/t6-,7-,8-,9+,10-,11-,12-,13-,14+,15+,16-,17-,18+,19+/m1/s1. The Kier molecular flexibility index (Phi) is 11.3. The van der Waals surface area contributed by atoms with Crippen molar-refractivity contribution in [3.8, 4) is 0 Å². The number of carbonyl (C=O) groups excluding carboxylic acids is 1. The molecule has 0 aliphatic carbocycles. The summed E-state index contributed by atoms with van der Waals surface area (Å²) >= 11 is 0. The van der Waals surface area contributed by atoms with Gasteiger partial charge in [0.15, 0.2) is 18.4 Å². The minimum Gasteiger partial charge on any atom is -0.394 e. The summed E-state index contributed by atoms with van der Waals surface area (Å²) in [6.45, 7) is -1.18. The first kappa shape index (κ1) is 30.3. The van der Waals surface area contributed by atoms with Crippen molar-refractivity contribution in [2.45, 2.75) is 92.8 Å². The summed E-state index contributed by atoms with van der Waals surface area (Å²) in [6.07, 6.45) is -24.4. The Hall–Kier alpha value is -0.930. The van der Waals surface area contributed by atoms with Crippen LogP contribution in [0, 0.1) is 0 Å². The van der Waals surface area contributed by atoms with Gasteiger partial charge in [-0.2, -0.15) is 0 Å². The molecule has 16 heteroatoms. The topological polar surface area (TPSA) is 277 Å².